The molecule has 0 aliphatic carbocycles. The molecule has 1 heterocycles. The average molecular weight is 285 g/mol. The Morgan fingerprint density at radius 1 is 1.17 bits per heavy atom. The van der Waals surface area contributed by atoms with Crippen molar-refractivity contribution in [3.63, 3.8) is 0 Å². The van der Waals surface area contributed by atoms with E-state index >= 15 is 0 Å². The standard InChI is InChI=1S/C13H11Cl2FN2/c1-8(12-6-5-9(16)7-17-12)18-13-10(14)3-2-4-11(13)15/h2-8,18H,1H3. The highest BCUT2D eigenvalue weighted by Gasteiger charge is 2.11. The second kappa shape index (κ2) is 5.55. The van der Waals surface area contributed by atoms with E-state index in [0.717, 1.165) is 0 Å². The van der Waals surface area contributed by atoms with Gasteiger partial charge in [0.05, 0.1) is 33.7 Å². The van der Waals surface area contributed by atoms with E-state index in [9.17, 15) is 4.39 Å². The number of nitrogens with one attached hydrogen (secondary N) is 1. The number of rotatable bonds is 3. The van der Waals surface area contributed by atoms with Gasteiger partial charge in [-0.25, -0.2) is 4.39 Å². The lowest BCUT2D eigenvalue weighted by Gasteiger charge is -2.16. The van der Waals surface area contributed by atoms with Crippen LogP contribution < -0.4 is 5.32 Å². The Balaban J connectivity index is 2.21. The zero-order valence-corrected chi connectivity index (χ0v) is 11.1. The molecule has 0 saturated heterocycles. The minimum absolute atomic E-state index is 0.122. The van der Waals surface area contributed by atoms with Crippen LogP contribution in [0.5, 0.6) is 0 Å². The van der Waals surface area contributed by atoms with Crippen LogP contribution in [0.1, 0.15) is 18.7 Å². The van der Waals surface area contributed by atoms with Gasteiger partial charge in [-0.3, -0.25) is 4.98 Å². The fraction of sp³-hybridized carbons (Fsp3) is 0.154. The number of hydrogen-bond donors (Lipinski definition) is 1. The van der Waals surface area contributed by atoms with Crippen molar-refractivity contribution in [1.29, 1.82) is 0 Å². The molecule has 5 heteroatoms. The summed E-state index contributed by atoms with van der Waals surface area (Å²) in [7, 11) is 0. The molecule has 0 radical (unpaired) electrons. The van der Waals surface area contributed by atoms with Crippen LogP contribution >= 0.6 is 23.2 Å². The van der Waals surface area contributed by atoms with E-state index in [1.165, 1.54) is 12.3 Å². The van der Waals surface area contributed by atoms with Crippen molar-refractivity contribution >= 4 is 28.9 Å². The Bertz CT molecular complexity index is 523. The summed E-state index contributed by atoms with van der Waals surface area (Å²) >= 11 is 12.1. The molecule has 2 rings (SSSR count). The maximum Gasteiger partial charge on any atom is 0.141 e. The molecule has 1 N–H and O–H groups in total. The minimum Gasteiger partial charge on any atom is -0.375 e. The maximum atomic E-state index is 12.8. The van der Waals surface area contributed by atoms with Gasteiger partial charge in [-0.2, -0.15) is 0 Å². The minimum atomic E-state index is -0.360. The molecule has 18 heavy (non-hydrogen) atoms. The van der Waals surface area contributed by atoms with Crippen molar-refractivity contribution in [2.45, 2.75) is 13.0 Å². The van der Waals surface area contributed by atoms with E-state index in [0.29, 0.717) is 21.4 Å². The quantitative estimate of drug-likeness (QED) is 0.884. The molecule has 1 aromatic heterocycles. The smallest absolute Gasteiger partial charge is 0.141 e. The molecule has 0 spiro atoms. The van der Waals surface area contributed by atoms with Gasteiger partial charge >= 0.3 is 0 Å². The van der Waals surface area contributed by atoms with Crippen LogP contribution in [0.2, 0.25) is 10.0 Å². The molecule has 0 aliphatic rings. The molecule has 0 saturated carbocycles. The Morgan fingerprint density at radius 3 is 2.39 bits per heavy atom. The second-order valence-corrected chi connectivity index (χ2v) is 4.68. The van der Waals surface area contributed by atoms with E-state index in [1.54, 1.807) is 24.3 Å². The SMILES string of the molecule is CC(Nc1c(Cl)cccc1Cl)c1ccc(F)cn1. The summed E-state index contributed by atoms with van der Waals surface area (Å²) in [6.45, 7) is 1.90. The number of hydrogen-bond acceptors (Lipinski definition) is 2. The van der Waals surface area contributed by atoms with Crippen molar-refractivity contribution in [3.05, 3.63) is 58.1 Å². The first-order chi connectivity index (χ1) is 8.58. The van der Waals surface area contributed by atoms with Crippen LogP contribution in [-0.4, -0.2) is 4.98 Å². The second-order valence-electron chi connectivity index (χ2n) is 3.86. The molecule has 94 valence electrons. The molecular formula is C13H11Cl2FN2. The summed E-state index contributed by atoms with van der Waals surface area (Å²) in [5, 5.41) is 4.24. The van der Waals surface area contributed by atoms with E-state index < -0.39 is 0 Å². The predicted molar refractivity (Wildman–Crippen MR) is 72.7 cm³/mol. The number of benzene rings is 1. The highest BCUT2D eigenvalue weighted by Crippen LogP contribution is 2.32. The highest BCUT2D eigenvalue weighted by atomic mass is 35.5. The third-order valence-corrected chi connectivity index (χ3v) is 3.15. The van der Waals surface area contributed by atoms with E-state index in [1.807, 2.05) is 6.92 Å². The molecule has 2 aromatic rings. The molecule has 2 nitrogen and oxygen atoms in total. The summed E-state index contributed by atoms with van der Waals surface area (Å²) < 4.78 is 12.8. The van der Waals surface area contributed by atoms with E-state index in [-0.39, 0.29) is 11.9 Å². The first-order valence-corrected chi connectivity index (χ1v) is 6.15. The summed E-state index contributed by atoms with van der Waals surface area (Å²) in [6.07, 6.45) is 1.18. The monoisotopic (exact) mass is 284 g/mol. The van der Waals surface area contributed by atoms with Crippen LogP contribution in [0.15, 0.2) is 36.5 Å². The van der Waals surface area contributed by atoms with Crippen LogP contribution in [0.3, 0.4) is 0 Å². The van der Waals surface area contributed by atoms with Crippen molar-refractivity contribution in [3.8, 4) is 0 Å². The fourth-order valence-electron chi connectivity index (χ4n) is 1.57. The van der Waals surface area contributed by atoms with E-state index in [4.69, 9.17) is 23.2 Å². The van der Waals surface area contributed by atoms with Gasteiger partial charge in [-0.15, -0.1) is 0 Å². The zero-order valence-electron chi connectivity index (χ0n) is 9.62. The third kappa shape index (κ3) is 2.92. The summed E-state index contributed by atoms with van der Waals surface area (Å²) in [5.41, 5.74) is 1.37. The number of halogens is 3. The normalized spacial score (nSPS) is 12.2. The van der Waals surface area contributed by atoms with Gasteiger partial charge in [0.1, 0.15) is 5.82 Å². The molecule has 0 bridgehead atoms. The summed E-state index contributed by atoms with van der Waals surface area (Å²) in [4.78, 5) is 4.01. The van der Waals surface area contributed by atoms with Crippen LogP contribution in [0.4, 0.5) is 10.1 Å². The van der Waals surface area contributed by atoms with Crippen molar-refractivity contribution in [2.75, 3.05) is 5.32 Å². The molecular weight excluding hydrogens is 274 g/mol. The van der Waals surface area contributed by atoms with Crippen molar-refractivity contribution in [1.82, 2.24) is 4.98 Å². The molecule has 0 amide bonds. The van der Waals surface area contributed by atoms with Crippen LogP contribution in [-0.2, 0) is 0 Å². The van der Waals surface area contributed by atoms with Crippen molar-refractivity contribution < 1.29 is 4.39 Å². The van der Waals surface area contributed by atoms with Gasteiger partial charge in [0.2, 0.25) is 0 Å². The Labute approximate surface area is 115 Å². The number of aromatic nitrogens is 1. The van der Waals surface area contributed by atoms with Gasteiger partial charge in [0.25, 0.3) is 0 Å². The third-order valence-electron chi connectivity index (χ3n) is 2.52. The highest BCUT2D eigenvalue weighted by molar-refractivity contribution is 6.39. The Morgan fingerprint density at radius 2 is 1.83 bits per heavy atom. The molecule has 1 aromatic carbocycles. The lowest BCUT2D eigenvalue weighted by molar-refractivity contribution is 0.617. The van der Waals surface area contributed by atoms with Gasteiger partial charge in [0, 0.05) is 0 Å². The van der Waals surface area contributed by atoms with Gasteiger partial charge < -0.3 is 5.32 Å². The molecule has 1 unspecified atom stereocenters. The lowest BCUT2D eigenvalue weighted by Crippen LogP contribution is -2.09. The predicted octanol–water partition coefficient (Wildman–Crippen LogP) is 4.70. The molecule has 0 aliphatic heterocycles. The van der Waals surface area contributed by atoms with E-state index in [2.05, 4.69) is 10.3 Å². The maximum absolute atomic E-state index is 12.8. The molecule has 0 fully saturated rings. The summed E-state index contributed by atoms with van der Waals surface area (Å²) in [6, 6.07) is 8.15. The number of nitrogens with zero attached hydrogens (tertiary/aromatic N) is 1. The fourth-order valence-corrected chi connectivity index (χ4v) is 2.08. The molecule has 1 atom stereocenters. The van der Waals surface area contributed by atoms with Gasteiger partial charge in [-0.1, -0.05) is 29.3 Å². The number of anilines is 1. The zero-order chi connectivity index (χ0) is 13.1. The van der Waals surface area contributed by atoms with Crippen LogP contribution in [0.25, 0.3) is 0 Å². The van der Waals surface area contributed by atoms with Gasteiger partial charge in [0.15, 0.2) is 0 Å². The lowest BCUT2D eigenvalue weighted by atomic mass is 10.2. The number of pyridine rings is 1. The average Bonchev–Trinajstić information content (AvgIpc) is 2.34. The van der Waals surface area contributed by atoms with Crippen molar-refractivity contribution in [2.24, 2.45) is 0 Å². The first kappa shape index (κ1) is 13.1. The Hall–Kier alpha value is -1.32. The summed E-state index contributed by atoms with van der Waals surface area (Å²) in [5.74, 6) is -0.360. The largest absolute Gasteiger partial charge is 0.375 e. The first-order valence-electron chi connectivity index (χ1n) is 5.40. The Kier molecular flexibility index (Phi) is 4.04. The van der Waals surface area contributed by atoms with Crippen LogP contribution in [0, 0.1) is 5.82 Å². The topological polar surface area (TPSA) is 24.9 Å². The van der Waals surface area contributed by atoms with Gasteiger partial charge in [-0.05, 0) is 31.2 Å². The number of para-hydroxylation sites is 1.